The lowest BCUT2D eigenvalue weighted by molar-refractivity contribution is 0.0696. The Balaban J connectivity index is 1.83. The minimum Gasteiger partial charge on any atom is -0.491 e. The van der Waals surface area contributed by atoms with Crippen LogP contribution in [0.25, 0.3) is 16.7 Å². The highest BCUT2D eigenvalue weighted by Gasteiger charge is 2.16. The fourth-order valence-corrected chi connectivity index (χ4v) is 3.73. The third-order valence-electron chi connectivity index (χ3n) is 4.87. The maximum absolute atomic E-state index is 13.4. The molecule has 0 aliphatic carbocycles. The molecule has 0 radical (unpaired) electrons. The summed E-state index contributed by atoms with van der Waals surface area (Å²) in [7, 11) is 0. The summed E-state index contributed by atoms with van der Waals surface area (Å²) in [5, 5.41) is 9.78. The Morgan fingerprint density at radius 2 is 1.77 bits per heavy atom. The number of hydrogen-bond acceptors (Lipinski definition) is 3. The second kappa shape index (κ2) is 8.32. The van der Waals surface area contributed by atoms with Crippen molar-refractivity contribution < 1.29 is 14.6 Å². The third kappa shape index (κ3) is 4.20. The van der Waals surface area contributed by atoms with Crippen LogP contribution in [0.2, 0.25) is 5.02 Å². The SMILES string of the molecule is CC(C)Oc1ccc(-n2c(=O)n(Cc3cccc(C(=O)O)c3)c3ccc(Cl)cc32)cc1. The van der Waals surface area contributed by atoms with E-state index in [0.29, 0.717) is 21.7 Å². The number of aromatic carboxylic acids is 1. The molecule has 1 N–H and O–H groups in total. The number of benzene rings is 3. The van der Waals surface area contributed by atoms with Gasteiger partial charge in [0.25, 0.3) is 0 Å². The molecule has 0 saturated heterocycles. The Kier molecular flexibility index (Phi) is 5.57. The van der Waals surface area contributed by atoms with Crippen LogP contribution in [0.4, 0.5) is 0 Å². The number of rotatable bonds is 6. The van der Waals surface area contributed by atoms with Crippen molar-refractivity contribution in [3.63, 3.8) is 0 Å². The van der Waals surface area contributed by atoms with E-state index in [2.05, 4.69) is 0 Å². The van der Waals surface area contributed by atoms with Gasteiger partial charge in [-0.15, -0.1) is 0 Å². The van der Waals surface area contributed by atoms with Gasteiger partial charge in [0, 0.05) is 5.02 Å². The maximum atomic E-state index is 13.4. The molecule has 0 amide bonds. The molecule has 0 saturated carbocycles. The van der Waals surface area contributed by atoms with E-state index in [4.69, 9.17) is 16.3 Å². The van der Waals surface area contributed by atoms with Gasteiger partial charge in [-0.1, -0.05) is 23.7 Å². The van der Waals surface area contributed by atoms with Gasteiger partial charge in [-0.05, 0) is 74.0 Å². The van der Waals surface area contributed by atoms with Crippen molar-refractivity contribution >= 4 is 28.6 Å². The van der Waals surface area contributed by atoms with Gasteiger partial charge in [0.1, 0.15) is 5.75 Å². The number of halogens is 1. The van der Waals surface area contributed by atoms with Crippen LogP contribution in [0.3, 0.4) is 0 Å². The van der Waals surface area contributed by atoms with Crippen LogP contribution in [0.15, 0.2) is 71.5 Å². The number of hydrogen-bond donors (Lipinski definition) is 1. The van der Waals surface area contributed by atoms with E-state index in [-0.39, 0.29) is 23.9 Å². The van der Waals surface area contributed by atoms with Crippen LogP contribution in [-0.2, 0) is 6.54 Å². The summed E-state index contributed by atoms with van der Waals surface area (Å²) in [6.07, 6.45) is 0.0517. The molecule has 6 nitrogen and oxygen atoms in total. The molecule has 0 unspecified atom stereocenters. The normalized spacial score (nSPS) is 11.2. The average Bonchev–Trinajstić information content (AvgIpc) is 2.99. The standard InChI is InChI=1S/C24H21ClN2O4/c1-15(2)31-20-9-7-19(8-10-20)27-22-13-18(25)6-11-21(22)26(24(27)30)14-16-4-3-5-17(12-16)23(28)29/h3-13,15H,14H2,1-2H3,(H,28,29). The fraction of sp³-hybridized carbons (Fsp3) is 0.167. The van der Waals surface area contributed by atoms with Gasteiger partial charge in [0.2, 0.25) is 0 Å². The van der Waals surface area contributed by atoms with Gasteiger partial charge in [-0.25, -0.2) is 9.59 Å². The quantitative estimate of drug-likeness (QED) is 0.462. The van der Waals surface area contributed by atoms with Gasteiger partial charge in [0.15, 0.2) is 0 Å². The molecule has 31 heavy (non-hydrogen) atoms. The van der Waals surface area contributed by atoms with E-state index >= 15 is 0 Å². The van der Waals surface area contributed by atoms with E-state index < -0.39 is 5.97 Å². The molecule has 0 atom stereocenters. The topological polar surface area (TPSA) is 73.5 Å². The Hall–Kier alpha value is -3.51. The van der Waals surface area contributed by atoms with Crippen molar-refractivity contribution in [2.75, 3.05) is 0 Å². The number of carboxylic acid groups (broad SMARTS) is 1. The number of ether oxygens (including phenoxy) is 1. The average molecular weight is 437 g/mol. The van der Waals surface area contributed by atoms with E-state index in [9.17, 15) is 14.7 Å². The first-order valence-corrected chi connectivity index (χ1v) is 10.2. The van der Waals surface area contributed by atoms with E-state index in [0.717, 1.165) is 11.3 Å². The second-order valence-electron chi connectivity index (χ2n) is 7.50. The number of carbonyl (C=O) groups is 1. The summed E-state index contributed by atoms with van der Waals surface area (Å²) < 4.78 is 8.91. The zero-order valence-electron chi connectivity index (χ0n) is 17.1. The third-order valence-corrected chi connectivity index (χ3v) is 5.11. The van der Waals surface area contributed by atoms with Gasteiger partial charge < -0.3 is 9.84 Å². The lowest BCUT2D eigenvalue weighted by atomic mass is 10.1. The summed E-state index contributed by atoms with van der Waals surface area (Å²) in [6, 6.07) is 19.2. The molecular formula is C24H21ClN2O4. The van der Waals surface area contributed by atoms with Crippen LogP contribution in [-0.4, -0.2) is 26.3 Å². The lowest BCUT2D eigenvalue weighted by Gasteiger charge is -2.10. The molecule has 0 spiro atoms. The molecule has 4 rings (SSSR count). The summed E-state index contributed by atoms with van der Waals surface area (Å²) in [6.45, 7) is 4.14. The first-order chi connectivity index (χ1) is 14.8. The number of carboxylic acids is 1. The Morgan fingerprint density at radius 1 is 1.03 bits per heavy atom. The molecule has 0 bridgehead atoms. The van der Waals surface area contributed by atoms with Crippen molar-refractivity contribution in [3.8, 4) is 11.4 Å². The number of aromatic nitrogens is 2. The first kappa shape index (κ1) is 20.8. The van der Waals surface area contributed by atoms with Crippen molar-refractivity contribution in [2.24, 2.45) is 0 Å². The highest BCUT2D eigenvalue weighted by Crippen LogP contribution is 2.24. The molecule has 0 aliphatic rings. The zero-order chi connectivity index (χ0) is 22.1. The minimum atomic E-state index is -1.01. The summed E-state index contributed by atoms with van der Waals surface area (Å²) in [5.41, 5.74) is 2.72. The maximum Gasteiger partial charge on any atom is 0.335 e. The molecule has 158 valence electrons. The number of nitrogens with zero attached hydrogens (tertiary/aromatic N) is 2. The fourth-order valence-electron chi connectivity index (χ4n) is 3.56. The predicted molar refractivity (Wildman–Crippen MR) is 121 cm³/mol. The number of fused-ring (bicyclic) bond motifs is 1. The van der Waals surface area contributed by atoms with Crippen molar-refractivity contribution in [1.82, 2.24) is 9.13 Å². The molecule has 7 heteroatoms. The molecule has 1 heterocycles. The summed E-state index contributed by atoms with van der Waals surface area (Å²) >= 11 is 6.23. The van der Waals surface area contributed by atoms with Gasteiger partial charge in [0.05, 0.1) is 34.9 Å². The Bertz CT molecular complexity index is 1320. The predicted octanol–water partition coefficient (Wildman–Crippen LogP) is 4.98. The monoisotopic (exact) mass is 436 g/mol. The summed E-state index contributed by atoms with van der Waals surface area (Å²) in [5.74, 6) is -0.286. The van der Waals surface area contributed by atoms with Crippen LogP contribution in [0.5, 0.6) is 5.75 Å². The van der Waals surface area contributed by atoms with Crippen LogP contribution in [0, 0.1) is 0 Å². The minimum absolute atomic E-state index is 0.0517. The Labute approximate surface area is 183 Å². The van der Waals surface area contributed by atoms with Crippen LogP contribution < -0.4 is 10.4 Å². The molecule has 1 aromatic heterocycles. The Morgan fingerprint density at radius 3 is 2.45 bits per heavy atom. The summed E-state index contributed by atoms with van der Waals surface area (Å²) in [4.78, 5) is 24.7. The molecule has 0 aliphatic heterocycles. The highest BCUT2D eigenvalue weighted by atomic mass is 35.5. The zero-order valence-corrected chi connectivity index (χ0v) is 17.8. The van der Waals surface area contributed by atoms with E-state index in [1.165, 1.54) is 6.07 Å². The van der Waals surface area contributed by atoms with Crippen LogP contribution in [0.1, 0.15) is 29.8 Å². The van der Waals surface area contributed by atoms with E-state index in [1.807, 2.05) is 38.1 Å². The van der Waals surface area contributed by atoms with Crippen molar-refractivity contribution in [1.29, 1.82) is 0 Å². The molecular weight excluding hydrogens is 416 g/mol. The smallest absolute Gasteiger partial charge is 0.335 e. The lowest BCUT2D eigenvalue weighted by Crippen LogP contribution is -2.23. The number of imidazole rings is 1. The molecule has 3 aromatic carbocycles. The molecule has 4 aromatic rings. The first-order valence-electron chi connectivity index (χ1n) is 9.83. The second-order valence-corrected chi connectivity index (χ2v) is 7.94. The van der Waals surface area contributed by atoms with Gasteiger partial charge >= 0.3 is 11.7 Å². The van der Waals surface area contributed by atoms with E-state index in [1.54, 1.807) is 45.5 Å². The van der Waals surface area contributed by atoms with Gasteiger partial charge in [-0.3, -0.25) is 9.13 Å². The largest absolute Gasteiger partial charge is 0.491 e. The van der Waals surface area contributed by atoms with Crippen molar-refractivity contribution in [3.05, 3.63) is 93.4 Å². The highest BCUT2D eigenvalue weighted by molar-refractivity contribution is 6.31. The van der Waals surface area contributed by atoms with Crippen molar-refractivity contribution in [2.45, 2.75) is 26.5 Å². The molecule has 0 fully saturated rings. The van der Waals surface area contributed by atoms with Gasteiger partial charge in [-0.2, -0.15) is 0 Å². The van der Waals surface area contributed by atoms with Crippen LogP contribution >= 0.6 is 11.6 Å².